The number of anilines is 1. The molecule has 0 aliphatic carbocycles. The van der Waals surface area contributed by atoms with Gasteiger partial charge < -0.3 is 9.80 Å². The van der Waals surface area contributed by atoms with Crippen LogP contribution in [0.2, 0.25) is 0 Å². The van der Waals surface area contributed by atoms with Crippen molar-refractivity contribution in [2.75, 3.05) is 31.1 Å². The highest BCUT2D eigenvalue weighted by Crippen LogP contribution is 2.31. The first-order valence-electron chi connectivity index (χ1n) is 5.19. The van der Waals surface area contributed by atoms with Crippen molar-refractivity contribution in [3.63, 3.8) is 0 Å². The van der Waals surface area contributed by atoms with E-state index < -0.39 is 0 Å². The maximum Gasteiger partial charge on any atom is 0.219 e. The van der Waals surface area contributed by atoms with Gasteiger partial charge in [-0.3, -0.25) is 4.79 Å². The van der Waals surface area contributed by atoms with Crippen molar-refractivity contribution in [1.29, 1.82) is 5.26 Å². The number of hydrogen-bond acceptors (Lipinski definition) is 5. The highest BCUT2D eigenvalue weighted by atomic mass is 79.9. The van der Waals surface area contributed by atoms with Crippen LogP contribution < -0.4 is 4.90 Å². The Morgan fingerprint density at radius 3 is 2.65 bits per heavy atom. The molecule has 0 N–H and O–H groups in total. The average molecular weight is 315 g/mol. The highest BCUT2D eigenvalue weighted by Gasteiger charge is 2.23. The van der Waals surface area contributed by atoms with Crippen LogP contribution in [0.5, 0.6) is 0 Å². The summed E-state index contributed by atoms with van der Waals surface area (Å²) in [6.45, 7) is 4.50. The molecular weight excluding hydrogens is 304 g/mol. The molecule has 5 nitrogen and oxygen atoms in total. The fourth-order valence-electron chi connectivity index (χ4n) is 1.80. The summed E-state index contributed by atoms with van der Waals surface area (Å²) in [7, 11) is 0. The van der Waals surface area contributed by atoms with Crippen LogP contribution in [0.3, 0.4) is 0 Å². The van der Waals surface area contributed by atoms with Crippen LogP contribution in [0.15, 0.2) is 4.60 Å². The summed E-state index contributed by atoms with van der Waals surface area (Å²) >= 11 is 4.58. The van der Waals surface area contributed by atoms with Gasteiger partial charge in [-0.15, -0.1) is 0 Å². The maximum atomic E-state index is 11.2. The van der Waals surface area contributed by atoms with E-state index in [2.05, 4.69) is 31.3 Å². The van der Waals surface area contributed by atoms with Crippen molar-refractivity contribution in [3.05, 3.63) is 10.2 Å². The van der Waals surface area contributed by atoms with E-state index in [1.165, 1.54) is 11.5 Å². The Morgan fingerprint density at radius 1 is 1.47 bits per heavy atom. The molecule has 1 aliphatic rings. The second kappa shape index (κ2) is 5.02. The molecule has 90 valence electrons. The molecule has 0 saturated carbocycles. The molecule has 0 atom stereocenters. The van der Waals surface area contributed by atoms with Crippen LogP contribution in [0.25, 0.3) is 0 Å². The number of carbonyl (C=O) groups is 1. The Balaban J connectivity index is 2.11. The SMILES string of the molecule is CC(=O)N1CCN(c2snc(Br)c2C#N)CC1. The van der Waals surface area contributed by atoms with E-state index in [0.29, 0.717) is 23.3 Å². The van der Waals surface area contributed by atoms with Gasteiger partial charge in [-0.1, -0.05) is 0 Å². The molecule has 1 aromatic heterocycles. The second-order valence-electron chi connectivity index (χ2n) is 3.76. The molecular formula is C10H11BrN4OS. The van der Waals surface area contributed by atoms with Gasteiger partial charge in [0.25, 0.3) is 0 Å². The largest absolute Gasteiger partial charge is 0.358 e. The molecule has 1 fully saturated rings. The monoisotopic (exact) mass is 314 g/mol. The van der Waals surface area contributed by atoms with Gasteiger partial charge in [0.05, 0.1) is 0 Å². The Morgan fingerprint density at radius 2 is 2.12 bits per heavy atom. The zero-order chi connectivity index (χ0) is 12.4. The summed E-state index contributed by atoms with van der Waals surface area (Å²) in [6.07, 6.45) is 0. The summed E-state index contributed by atoms with van der Waals surface area (Å²) in [5.41, 5.74) is 0.589. The van der Waals surface area contributed by atoms with E-state index in [4.69, 9.17) is 5.26 Å². The number of amides is 1. The molecule has 2 rings (SSSR count). The van der Waals surface area contributed by atoms with Gasteiger partial charge in [-0.05, 0) is 27.5 Å². The molecule has 1 aliphatic heterocycles. The van der Waals surface area contributed by atoms with Gasteiger partial charge in [0.2, 0.25) is 5.91 Å². The van der Waals surface area contributed by atoms with E-state index in [1.807, 2.05) is 4.90 Å². The Hall–Kier alpha value is -1.13. The maximum absolute atomic E-state index is 11.2. The van der Waals surface area contributed by atoms with Crippen LogP contribution >= 0.6 is 27.5 Å². The minimum absolute atomic E-state index is 0.107. The number of rotatable bonds is 1. The molecule has 0 aromatic carbocycles. The normalized spacial score (nSPS) is 15.8. The number of nitriles is 1. The Kier molecular flexibility index (Phi) is 3.64. The van der Waals surface area contributed by atoms with Crippen molar-refractivity contribution >= 4 is 38.4 Å². The summed E-state index contributed by atoms with van der Waals surface area (Å²) < 4.78 is 4.74. The standard InChI is InChI=1S/C10H11BrN4OS/c1-7(16)14-2-4-15(5-3-14)10-8(6-12)9(11)13-17-10/h2-5H2,1H3. The topological polar surface area (TPSA) is 60.2 Å². The average Bonchev–Trinajstić information content (AvgIpc) is 2.70. The predicted molar refractivity (Wildman–Crippen MR) is 69.0 cm³/mol. The number of aromatic nitrogens is 1. The van der Waals surface area contributed by atoms with E-state index >= 15 is 0 Å². The van der Waals surface area contributed by atoms with Crippen molar-refractivity contribution in [2.24, 2.45) is 0 Å². The van der Waals surface area contributed by atoms with E-state index in [9.17, 15) is 4.79 Å². The molecule has 1 aromatic rings. The van der Waals surface area contributed by atoms with Gasteiger partial charge in [0.15, 0.2) is 0 Å². The first kappa shape index (κ1) is 12.3. The quantitative estimate of drug-likeness (QED) is 0.787. The molecule has 0 bridgehead atoms. The number of halogens is 1. The predicted octanol–water partition coefficient (Wildman–Crippen LogP) is 1.45. The zero-order valence-electron chi connectivity index (χ0n) is 9.31. The Labute approximate surface area is 112 Å². The third-order valence-electron chi connectivity index (χ3n) is 2.76. The van der Waals surface area contributed by atoms with Crippen molar-refractivity contribution in [1.82, 2.24) is 9.27 Å². The molecule has 0 unspecified atom stereocenters. The minimum atomic E-state index is 0.107. The van der Waals surface area contributed by atoms with Crippen molar-refractivity contribution in [3.8, 4) is 6.07 Å². The second-order valence-corrected chi connectivity index (χ2v) is 5.26. The lowest BCUT2D eigenvalue weighted by atomic mass is 10.3. The van der Waals surface area contributed by atoms with Crippen LogP contribution in [-0.2, 0) is 4.79 Å². The number of carbonyl (C=O) groups excluding carboxylic acids is 1. The van der Waals surface area contributed by atoms with Crippen LogP contribution in [-0.4, -0.2) is 41.4 Å². The highest BCUT2D eigenvalue weighted by molar-refractivity contribution is 9.10. The zero-order valence-corrected chi connectivity index (χ0v) is 11.7. The molecule has 0 spiro atoms. The van der Waals surface area contributed by atoms with Gasteiger partial charge in [-0.2, -0.15) is 9.64 Å². The summed E-state index contributed by atoms with van der Waals surface area (Å²) in [6, 6.07) is 2.15. The van der Waals surface area contributed by atoms with Crippen molar-refractivity contribution < 1.29 is 4.79 Å². The van der Waals surface area contributed by atoms with Gasteiger partial charge >= 0.3 is 0 Å². The number of nitrogens with zero attached hydrogens (tertiary/aromatic N) is 4. The van der Waals surface area contributed by atoms with Gasteiger partial charge in [0, 0.05) is 33.1 Å². The molecule has 0 radical (unpaired) electrons. The van der Waals surface area contributed by atoms with E-state index in [0.717, 1.165) is 18.1 Å². The number of piperazine rings is 1. The third-order valence-corrected chi connectivity index (χ3v) is 4.47. The van der Waals surface area contributed by atoms with Crippen LogP contribution in [0.4, 0.5) is 5.00 Å². The summed E-state index contributed by atoms with van der Waals surface area (Å²) in [5.74, 6) is 0.107. The fourth-order valence-corrected chi connectivity index (χ4v) is 3.21. The Bertz CT molecular complexity index is 473. The van der Waals surface area contributed by atoms with E-state index in [-0.39, 0.29) is 5.91 Å². The lowest BCUT2D eigenvalue weighted by Gasteiger charge is -2.34. The number of hydrogen-bond donors (Lipinski definition) is 0. The molecule has 17 heavy (non-hydrogen) atoms. The van der Waals surface area contributed by atoms with Crippen molar-refractivity contribution in [2.45, 2.75) is 6.92 Å². The molecule has 2 heterocycles. The van der Waals surface area contributed by atoms with Gasteiger partial charge in [-0.25, -0.2) is 0 Å². The first-order valence-corrected chi connectivity index (χ1v) is 6.76. The van der Waals surface area contributed by atoms with Crippen LogP contribution in [0, 0.1) is 11.3 Å². The smallest absolute Gasteiger partial charge is 0.219 e. The molecule has 7 heteroatoms. The van der Waals surface area contributed by atoms with Crippen LogP contribution in [0.1, 0.15) is 12.5 Å². The lowest BCUT2D eigenvalue weighted by molar-refractivity contribution is -0.129. The van der Waals surface area contributed by atoms with Gasteiger partial charge in [0.1, 0.15) is 21.2 Å². The summed E-state index contributed by atoms with van der Waals surface area (Å²) in [4.78, 5) is 15.1. The molecule has 1 saturated heterocycles. The summed E-state index contributed by atoms with van der Waals surface area (Å²) in [5, 5.41) is 9.95. The minimum Gasteiger partial charge on any atom is -0.358 e. The third kappa shape index (κ3) is 2.42. The molecule has 1 amide bonds. The lowest BCUT2D eigenvalue weighted by Crippen LogP contribution is -2.48. The first-order chi connectivity index (χ1) is 8.13. The van der Waals surface area contributed by atoms with E-state index in [1.54, 1.807) is 6.92 Å². The fraction of sp³-hybridized carbons (Fsp3) is 0.500.